The van der Waals surface area contributed by atoms with E-state index in [1.165, 1.54) is 6.33 Å². The molecular formula is C18H13Cl2IN4O2. The molecule has 2 aromatic carbocycles. The van der Waals surface area contributed by atoms with Crippen LogP contribution in [0.15, 0.2) is 42.7 Å². The molecule has 3 aromatic rings. The molecule has 0 saturated heterocycles. The molecule has 0 spiro atoms. The van der Waals surface area contributed by atoms with Gasteiger partial charge >= 0.3 is 0 Å². The van der Waals surface area contributed by atoms with E-state index in [0.717, 1.165) is 14.7 Å². The normalized spacial score (nSPS) is 16.0. The second-order valence-corrected chi connectivity index (χ2v) is 8.09. The number of nitrogens with zero attached hydrogens (tertiary/aromatic N) is 3. The number of halogens is 3. The van der Waals surface area contributed by atoms with Gasteiger partial charge in [-0.3, -0.25) is 10.1 Å². The summed E-state index contributed by atoms with van der Waals surface area (Å²) < 4.78 is 8.63. The Bertz CT molecular complexity index is 984. The SMILES string of the molecule is O=C1C[C@@H](c2cc(Cl)c(OCc3ccc(I)cc3)c(Cl)c2)n2ncnc2N1. The average Bonchev–Trinajstić information content (AvgIpc) is 3.10. The number of nitrogens with one attached hydrogen (secondary N) is 1. The number of carbonyl (C=O) groups is 1. The van der Waals surface area contributed by atoms with Crippen molar-refractivity contribution in [1.29, 1.82) is 0 Å². The zero-order chi connectivity index (χ0) is 19.0. The summed E-state index contributed by atoms with van der Waals surface area (Å²) in [5.41, 5.74) is 1.79. The molecule has 0 bridgehead atoms. The minimum Gasteiger partial charge on any atom is -0.486 e. The maximum Gasteiger partial charge on any atom is 0.229 e. The zero-order valence-electron chi connectivity index (χ0n) is 13.8. The van der Waals surface area contributed by atoms with Crippen LogP contribution in [0.4, 0.5) is 5.95 Å². The quantitative estimate of drug-likeness (QED) is 0.512. The zero-order valence-corrected chi connectivity index (χ0v) is 17.5. The number of anilines is 1. The summed E-state index contributed by atoms with van der Waals surface area (Å²) in [4.78, 5) is 16.0. The first-order valence-corrected chi connectivity index (χ1v) is 9.90. The van der Waals surface area contributed by atoms with Crippen molar-refractivity contribution in [1.82, 2.24) is 14.8 Å². The van der Waals surface area contributed by atoms with Crippen molar-refractivity contribution in [2.45, 2.75) is 19.1 Å². The maximum atomic E-state index is 11.9. The van der Waals surface area contributed by atoms with E-state index < -0.39 is 0 Å². The van der Waals surface area contributed by atoms with Gasteiger partial charge in [-0.05, 0) is 58.0 Å². The van der Waals surface area contributed by atoms with E-state index in [4.69, 9.17) is 27.9 Å². The van der Waals surface area contributed by atoms with Gasteiger partial charge in [0, 0.05) is 3.57 Å². The first-order valence-electron chi connectivity index (χ1n) is 8.07. The van der Waals surface area contributed by atoms with Gasteiger partial charge in [-0.25, -0.2) is 4.68 Å². The van der Waals surface area contributed by atoms with Crippen molar-refractivity contribution >= 4 is 57.6 Å². The second-order valence-electron chi connectivity index (χ2n) is 6.03. The Labute approximate surface area is 179 Å². The van der Waals surface area contributed by atoms with Crippen molar-refractivity contribution in [2.75, 3.05) is 5.32 Å². The summed E-state index contributed by atoms with van der Waals surface area (Å²) in [7, 11) is 0. The van der Waals surface area contributed by atoms with Crippen LogP contribution in [0, 0.1) is 3.57 Å². The van der Waals surface area contributed by atoms with E-state index in [9.17, 15) is 4.79 Å². The average molecular weight is 515 g/mol. The molecule has 138 valence electrons. The lowest BCUT2D eigenvalue weighted by Gasteiger charge is -2.24. The van der Waals surface area contributed by atoms with Crippen LogP contribution in [-0.2, 0) is 11.4 Å². The number of hydrogen-bond donors (Lipinski definition) is 1. The number of fused-ring (bicyclic) bond motifs is 1. The van der Waals surface area contributed by atoms with E-state index in [1.54, 1.807) is 16.8 Å². The largest absolute Gasteiger partial charge is 0.486 e. The number of benzene rings is 2. The van der Waals surface area contributed by atoms with E-state index in [2.05, 4.69) is 38.0 Å². The standard InChI is InChI=1S/C18H13Cl2IN4O2/c19-13-5-11(15-7-16(26)24-18-22-9-23-25(15)18)6-14(20)17(13)27-8-10-1-3-12(21)4-2-10/h1-6,9,15H,7-8H2,(H,22,23,24,26)/t15-/m0/s1. The Kier molecular flexibility index (Phi) is 5.25. The molecule has 1 atom stereocenters. The van der Waals surface area contributed by atoms with Crippen LogP contribution in [0.25, 0.3) is 0 Å². The van der Waals surface area contributed by atoms with E-state index >= 15 is 0 Å². The predicted octanol–water partition coefficient (Wildman–Crippen LogP) is 4.70. The highest BCUT2D eigenvalue weighted by molar-refractivity contribution is 14.1. The van der Waals surface area contributed by atoms with Crippen molar-refractivity contribution in [3.05, 3.63) is 67.5 Å². The fraction of sp³-hybridized carbons (Fsp3) is 0.167. The number of rotatable bonds is 4. The summed E-state index contributed by atoms with van der Waals surface area (Å²) >= 11 is 15.1. The Balaban J connectivity index is 1.59. The molecule has 4 rings (SSSR count). The second kappa shape index (κ2) is 7.65. The van der Waals surface area contributed by atoms with Crippen LogP contribution >= 0.6 is 45.8 Å². The summed E-state index contributed by atoms with van der Waals surface area (Å²) in [6.07, 6.45) is 1.63. The lowest BCUT2D eigenvalue weighted by molar-refractivity contribution is -0.117. The van der Waals surface area contributed by atoms with Crippen LogP contribution in [0.5, 0.6) is 5.75 Å². The van der Waals surface area contributed by atoms with Gasteiger partial charge in [0.2, 0.25) is 11.9 Å². The maximum absolute atomic E-state index is 11.9. The van der Waals surface area contributed by atoms with E-state index in [-0.39, 0.29) is 18.4 Å². The lowest BCUT2D eigenvalue weighted by atomic mass is 10.0. The number of aromatic nitrogens is 3. The first kappa shape index (κ1) is 18.5. The molecule has 9 heteroatoms. The predicted molar refractivity (Wildman–Crippen MR) is 111 cm³/mol. The third-order valence-corrected chi connectivity index (χ3v) is 5.48. The number of amides is 1. The molecule has 1 amide bonds. The third kappa shape index (κ3) is 3.90. The van der Waals surface area contributed by atoms with Crippen LogP contribution < -0.4 is 10.1 Å². The third-order valence-electron chi connectivity index (χ3n) is 4.20. The molecule has 0 saturated carbocycles. The highest BCUT2D eigenvalue weighted by Crippen LogP contribution is 2.39. The Hall–Kier alpha value is -1.84. The van der Waals surface area contributed by atoms with Crippen LogP contribution in [0.3, 0.4) is 0 Å². The van der Waals surface area contributed by atoms with Crippen molar-refractivity contribution < 1.29 is 9.53 Å². The molecule has 2 heterocycles. The van der Waals surface area contributed by atoms with Crippen LogP contribution in [-0.4, -0.2) is 20.7 Å². The molecule has 0 aliphatic carbocycles. The first-order chi connectivity index (χ1) is 13.0. The molecule has 1 aromatic heterocycles. The number of carbonyl (C=O) groups excluding carboxylic acids is 1. The Morgan fingerprint density at radius 3 is 2.63 bits per heavy atom. The van der Waals surface area contributed by atoms with Gasteiger partial charge in [-0.1, -0.05) is 35.3 Å². The summed E-state index contributed by atoms with van der Waals surface area (Å²) in [6.45, 7) is 0.356. The molecule has 0 radical (unpaired) electrons. The number of hydrogen-bond acceptors (Lipinski definition) is 4. The smallest absolute Gasteiger partial charge is 0.229 e. The molecule has 27 heavy (non-hydrogen) atoms. The van der Waals surface area contributed by atoms with Crippen LogP contribution in [0.2, 0.25) is 10.0 Å². The van der Waals surface area contributed by atoms with Crippen molar-refractivity contribution in [3.63, 3.8) is 0 Å². The molecule has 1 N–H and O–H groups in total. The van der Waals surface area contributed by atoms with E-state index in [0.29, 0.717) is 28.3 Å². The lowest BCUT2D eigenvalue weighted by Crippen LogP contribution is -2.29. The molecule has 1 aliphatic heterocycles. The molecular weight excluding hydrogens is 502 g/mol. The minimum atomic E-state index is -0.323. The Morgan fingerprint density at radius 1 is 1.22 bits per heavy atom. The summed E-state index contributed by atoms with van der Waals surface area (Å²) in [5.74, 6) is 0.689. The van der Waals surface area contributed by atoms with Gasteiger partial charge in [0.15, 0.2) is 5.75 Å². The topological polar surface area (TPSA) is 69.0 Å². The monoisotopic (exact) mass is 514 g/mol. The minimum absolute atomic E-state index is 0.133. The Morgan fingerprint density at radius 2 is 1.93 bits per heavy atom. The summed E-state index contributed by atoms with van der Waals surface area (Å²) in [6, 6.07) is 11.2. The van der Waals surface area contributed by atoms with Crippen molar-refractivity contribution in [2.24, 2.45) is 0 Å². The van der Waals surface area contributed by atoms with Crippen LogP contribution in [0.1, 0.15) is 23.6 Å². The van der Waals surface area contributed by atoms with Crippen molar-refractivity contribution in [3.8, 4) is 5.75 Å². The van der Waals surface area contributed by atoms with Gasteiger partial charge in [0.1, 0.15) is 12.9 Å². The van der Waals surface area contributed by atoms with Gasteiger partial charge in [0.05, 0.1) is 22.5 Å². The molecule has 6 nitrogen and oxygen atoms in total. The van der Waals surface area contributed by atoms with Gasteiger partial charge in [-0.15, -0.1) is 0 Å². The summed E-state index contributed by atoms with van der Waals surface area (Å²) in [5, 5.41) is 7.64. The molecule has 0 fully saturated rings. The highest BCUT2D eigenvalue weighted by atomic mass is 127. The fourth-order valence-corrected chi connectivity index (χ4v) is 3.88. The molecule has 1 aliphatic rings. The number of ether oxygens (including phenoxy) is 1. The van der Waals surface area contributed by atoms with E-state index in [1.807, 2.05) is 24.3 Å². The van der Waals surface area contributed by atoms with Gasteiger partial charge < -0.3 is 4.74 Å². The highest BCUT2D eigenvalue weighted by Gasteiger charge is 2.28. The fourth-order valence-electron chi connectivity index (χ4n) is 2.91. The molecule has 0 unspecified atom stereocenters. The van der Waals surface area contributed by atoms with Gasteiger partial charge in [0.25, 0.3) is 0 Å². The van der Waals surface area contributed by atoms with Gasteiger partial charge in [-0.2, -0.15) is 10.1 Å².